The molecule has 2 amide bonds. The molecule has 4 rings (SSSR count). The van der Waals surface area contributed by atoms with E-state index < -0.39 is 10.0 Å². The first kappa shape index (κ1) is 21.4. The van der Waals surface area contributed by atoms with Gasteiger partial charge in [0.15, 0.2) is 0 Å². The zero-order chi connectivity index (χ0) is 21.1. The largest absolute Gasteiger partial charge is 0.353 e. The van der Waals surface area contributed by atoms with Gasteiger partial charge in [-0.15, -0.1) is 22.7 Å². The minimum absolute atomic E-state index is 0.0106. The fourth-order valence-corrected chi connectivity index (χ4v) is 6.90. The second-order valence-corrected chi connectivity index (χ2v) is 11.4. The van der Waals surface area contributed by atoms with Gasteiger partial charge in [0.2, 0.25) is 21.8 Å². The van der Waals surface area contributed by atoms with Crippen LogP contribution in [0.1, 0.15) is 24.1 Å². The van der Waals surface area contributed by atoms with Crippen LogP contribution in [0.25, 0.3) is 0 Å². The zero-order valence-electron chi connectivity index (χ0n) is 16.2. The highest BCUT2D eigenvalue weighted by atomic mass is 32.2. The molecule has 3 unspecified atom stereocenters. The smallest absolute Gasteiger partial charge is 0.250 e. The van der Waals surface area contributed by atoms with Gasteiger partial charge < -0.3 is 10.6 Å². The molecular weight excluding hydrogens is 444 g/mol. The lowest BCUT2D eigenvalue weighted by atomic mass is 10.0. The number of hydrogen-bond acceptors (Lipinski definition) is 7. The van der Waals surface area contributed by atoms with Crippen LogP contribution in [-0.2, 0) is 26.2 Å². The first-order valence-electron chi connectivity index (χ1n) is 9.81. The molecule has 2 aliphatic heterocycles. The molecule has 0 aromatic carbocycles. The van der Waals surface area contributed by atoms with Crippen LogP contribution in [0.15, 0.2) is 39.2 Å². The van der Waals surface area contributed by atoms with Crippen LogP contribution in [0.3, 0.4) is 0 Å². The minimum atomic E-state index is -3.59. The predicted octanol–water partition coefficient (Wildman–Crippen LogP) is 1.13. The number of thiophene rings is 2. The lowest BCUT2D eigenvalue weighted by molar-refractivity contribution is -0.129. The number of carbonyl (C=O) groups excluding carboxylic acids is 2. The number of hydrogen-bond donors (Lipinski definition) is 3. The summed E-state index contributed by atoms with van der Waals surface area (Å²) < 4.78 is 28.1. The third kappa shape index (κ3) is 4.92. The maximum atomic E-state index is 12.5. The van der Waals surface area contributed by atoms with Crippen LogP contribution in [0.4, 0.5) is 0 Å². The van der Waals surface area contributed by atoms with Gasteiger partial charge in [-0.25, -0.2) is 13.1 Å². The number of piperazine rings is 1. The Morgan fingerprint density at radius 1 is 1.23 bits per heavy atom. The highest BCUT2D eigenvalue weighted by molar-refractivity contribution is 7.91. The van der Waals surface area contributed by atoms with Gasteiger partial charge in [-0.2, -0.15) is 0 Å². The van der Waals surface area contributed by atoms with Crippen molar-refractivity contribution < 1.29 is 18.0 Å². The van der Waals surface area contributed by atoms with Crippen LogP contribution >= 0.6 is 22.7 Å². The van der Waals surface area contributed by atoms with Gasteiger partial charge in [0.05, 0.1) is 12.6 Å². The summed E-state index contributed by atoms with van der Waals surface area (Å²) in [6.07, 6.45) is 1.40. The predicted molar refractivity (Wildman–Crippen MR) is 116 cm³/mol. The van der Waals surface area contributed by atoms with Crippen LogP contribution in [0.2, 0.25) is 0 Å². The Hall–Kier alpha value is -1.79. The van der Waals surface area contributed by atoms with Gasteiger partial charge in [0.25, 0.3) is 0 Å². The zero-order valence-corrected chi connectivity index (χ0v) is 18.7. The molecule has 8 nitrogen and oxygen atoms in total. The molecule has 0 aliphatic carbocycles. The van der Waals surface area contributed by atoms with E-state index in [9.17, 15) is 18.0 Å². The normalized spacial score (nSPS) is 24.4. The quantitative estimate of drug-likeness (QED) is 0.538. The molecule has 0 bridgehead atoms. The molecule has 3 N–H and O–H groups in total. The first-order chi connectivity index (χ1) is 14.4. The van der Waals surface area contributed by atoms with E-state index in [1.54, 1.807) is 28.8 Å². The van der Waals surface area contributed by atoms with Gasteiger partial charge in [-0.1, -0.05) is 12.1 Å². The monoisotopic (exact) mass is 468 g/mol. The summed E-state index contributed by atoms with van der Waals surface area (Å²) in [5, 5.41) is 9.53. The van der Waals surface area contributed by atoms with Crippen LogP contribution in [0, 0.1) is 0 Å². The Kier molecular flexibility index (Phi) is 6.54. The molecule has 0 spiro atoms. The third-order valence-corrected chi connectivity index (χ3v) is 9.24. The first-order valence-corrected chi connectivity index (χ1v) is 13.0. The van der Waals surface area contributed by atoms with Gasteiger partial charge in [0, 0.05) is 36.5 Å². The molecule has 30 heavy (non-hydrogen) atoms. The maximum absolute atomic E-state index is 12.5. The number of fused-ring (bicyclic) bond motifs is 1. The van der Waals surface area contributed by atoms with Crippen molar-refractivity contribution in [1.29, 1.82) is 0 Å². The summed E-state index contributed by atoms with van der Waals surface area (Å²) in [7, 11) is -3.59. The van der Waals surface area contributed by atoms with Crippen molar-refractivity contribution >= 4 is 44.5 Å². The number of carbonyl (C=O) groups is 2. The molecule has 0 radical (unpaired) electrons. The molecule has 162 valence electrons. The number of sulfonamides is 1. The van der Waals surface area contributed by atoms with E-state index in [0.29, 0.717) is 38.9 Å². The van der Waals surface area contributed by atoms with E-state index in [0.717, 1.165) is 4.88 Å². The summed E-state index contributed by atoms with van der Waals surface area (Å²) in [5.74, 6) is -0.0998. The molecule has 2 saturated heterocycles. The Labute approximate surface area is 183 Å². The lowest BCUT2D eigenvalue weighted by Crippen LogP contribution is -2.58. The third-order valence-electron chi connectivity index (χ3n) is 5.45. The summed E-state index contributed by atoms with van der Waals surface area (Å²) in [4.78, 5) is 27.7. The summed E-state index contributed by atoms with van der Waals surface area (Å²) >= 11 is 2.77. The van der Waals surface area contributed by atoms with Crippen molar-refractivity contribution in [3.05, 3.63) is 39.9 Å². The van der Waals surface area contributed by atoms with Crippen molar-refractivity contribution in [3.63, 3.8) is 0 Å². The fourth-order valence-electron chi connectivity index (χ4n) is 4.01. The highest BCUT2D eigenvalue weighted by Gasteiger charge is 2.44. The van der Waals surface area contributed by atoms with E-state index in [1.165, 1.54) is 11.3 Å². The second-order valence-electron chi connectivity index (χ2n) is 7.49. The number of amides is 2. The topological polar surface area (TPSA) is 108 Å². The Morgan fingerprint density at radius 3 is 2.77 bits per heavy atom. The van der Waals surface area contributed by atoms with Crippen molar-refractivity contribution in [3.8, 4) is 0 Å². The van der Waals surface area contributed by atoms with Crippen LogP contribution < -0.4 is 15.4 Å². The van der Waals surface area contributed by atoms with E-state index in [1.807, 2.05) is 22.4 Å². The lowest BCUT2D eigenvalue weighted by Gasteiger charge is -2.37. The summed E-state index contributed by atoms with van der Waals surface area (Å²) in [6, 6.07) is 6.51. The molecule has 2 fully saturated rings. The number of nitrogens with one attached hydrogen (secondary N) is 3. The van der Waals surface area contributed by atoms with Gasteiger partial charge >= 0.3 is 0 Å². The molecule has 4 heterocycles. The van der Waals surface area contributed by atoms with E-state index in [4.69, 9.17) is 0 Å². The average Bonchev–Trinajstić information content (AvgIpc) is 3.46. The van der Waals surface area contributed by atoms with Crippen molar-refractivity contribution in [2.45, 2.75) is 48.1 Å². The minimum Gasteiger partial charge on any atom is -0.353 e. The molecule has 11 heteroatoms. The Bertz CT molecular complexity index is 976. The molecular formula is C19H24N4O4S3. The van der Waals surface area contributed by atoms with Crippen LogP contribution in [-0.4, -0.2) is 56.3 Å². The second kappa shape index (κ2) is 9.15. The maximum Gasteiger partial charge on any atom is 0.250 e. The van der Waals surface area contributed by atoms with Gasteiger partial charge in [-0.05, 0) is 35.7 Å². The SMILES string of the molecule is O=C(CCC1CNC(=O)C2CC(NS(=O)(=O)c3cccs3)CN12)NCc1cccs1. The summed E-state index contributed by atoms with van der Waals surface area (Å²) in [6.45, 7) is 1.46. The molecule has 2 aromatic heterocycles. The van der Waals surface area contributed by atoms with E-state index >= 15 is 0 Å². The van der Waals surface area contributed by atoms with Crippen molar-refractivity contribution in [2.24, 2.45) is 0 Å². The fraction of sp³-hybridized carbons (Fsp3) is 0.474. The van der Waals surface area contributed by atoms with E-state index in [-0.39, 0.29) is 34.1 Å². The molecule has 2 aromatic rings. The van der Waals surface area contributed by atoms with Gasteiger partial charge in [0.1, 0.15) is 4.21 Å². The Morgan fingerprint density at radius 2 is 2.03 bits per heavy atom. The average molecular weight is 469 g/mol. The number of rotatable bonds is 8. The van der Waals surface area contributed by atoms with Gasteiger partial charge in [-0.3, -0.25) is 14.5 Å². The highest BCUT2D eigenvalue weighted by Crippen LogP contribution is 2.27. The molecule has 3 atom stereocenters. The van der Waals surface area contributed by atoms with E-state index in [2.05, 4.69) is 15.4 Å². The van der Waals surface area contributed by atoms with Crippen LogP contribution in [0.5, 0.6) is 0 Å². The molecule has 2 aliphatic rings. The van der Waals surface area contributed by atoms with Crippen molar-refractivity contribution in [1.82, 2.24) is 20.3 Å². The standard InChI is InChI=1S/C19H24N4O4S3/c24-17(20-11-15-3-1-7-28-15)6-5-14-10-21-19(25)16-9-13(12-23(14)16)22-30(26,27)18-4-2-8-29-18/h1-4,7-8,13-14,16,22H,5-6,9-12H2,(H,20,24)(H,21,25). The molecule has 0 saturated carbocycles. The number of nitrogens with zero attached hydrogens (tertiary/aromatic N) is 1. The summed E-state index contributed by atoms with van der Waals surface area (Å²) in [5.41, 5.74) is 0. The van der Waals surface area contributed by atoms with Crippen molar-refractivity contribution in [2.75, 3.05) is 13.1 Å². The Balaban J connectivity index is 1.32.